The van der Waals surface area contributed by atoms with E-state index in [1.807, 2.05) is 0 Å². The van der Waals surface area contributed by atoms with Crippen LogP contribution in [0, 0.1) is 0 Å². The van der Waals surface area contributed by atoms with E-state index in [4.69, 9.17) is 44.6 Å². The van der Waals surface area contributed by atoms with Crippen LogP contribution < -0.4 is 4.74 Å². The largest absolute Gasteiger partial charge is 0.489 e. The molecule has 2 aromatic carbocycles. The molecule has 0 unspecified atom stereocenters. The molecule has 6 nitrogen and oxygen atoms in total. The summed E-state index contributed by atoms with van der Waals surface area (Å²) in [5.74, 6) is -1.92. The van der Waals surface area contributed by atoms with Crippen LogP contribution in [-0.2, 0) is 11.4 Å². The molecule has 0 radical (unpaired) electrons. The maximum Gasteiger partial charge on any atom is 0.377 e. The quantitative estimate of drug-likeness (QED) is 0.215. The second kappa shape index (κ2) is 8.59. The van der Waals surface area contributed by atoms with Gasteiger partial charge in [-0.3, -0.25) is 4.79 Å². The second-order valence-corrected chi connectivity index (χ2v) is 7.82. The Morgan fingerprint density at radius 2 is 1.65 bits per heavy atom. The number of aromatic nitrogens is 2. The van der Waals surface area contributed by atoms with Crippen molar-refractivity contribution >= 4 is 57.5 Å². The van der Waals surface area contributed by atoms with Gasteiger partial charge in [0.15, 0.2) is 0 Å². The monoisotopic (exact) mass is 474 g/mol. The Bertz CT molecular complexity index is 1300. The van der Waals surface area contributed by atoms with E-state index < -0.39 is 11.8 Å². The summed E-state index contributed by atoms with van der Waals surface area (Å²) < 4.78 is 7.50. The van der Waals surface area contributed by atoms with E-state index in [-0.39, 0.29) is 22.5 Å². The molecule has 0 amide bonds. The zero-order valence-electron chi connectivity index (χ0n) is 15.7. The number of carbonyl (C=O) groups is 2. The molecule has 0 atom stereocenters. The standard InChI is InChI=1S/C22H13Cl3N2O4/c23-13-1-6-18-16(9-13)17(21(28)22(29)30)10-27(18)14-2-4-15(5-3-14)31-11-12-7-19(24)26-20(25)8-12/h1-10H,11H2,(H,29,30). The Labute approximate surface area is 191 Å². The fourth-order valence-electron chi connectivity index (χ4n) is 3.18. The van der Waals surface area contributed by atoms with E-state index in [1.54, 1.807) is 59.2 Å². The number of ether oxygens (including phenoxy) is 1. The van der Waals surface area contributed by atoms with Crippen molar-refractivity contribution in [2.24, 2.45) is 0 Å². The Morgan fingerprint density at radius 1 is 0.968 bits per heavy atom. The van der Waals surface area contributed by atoms with Crippen LogP contribution in [0.3, 0.4) is 0 Å². The molecule has 0 saturated heterocycles. The Kier molecular flexibility index (Phi) is 5.87. The number of benzene rings is 2. The molecule has 1 N–H and O–H groups in total. The third-order valence-electron chi connectivity index (χ3n) is 4.55. The van der Waals surface area contributed by atoms with Crippen LogP contribution in [0.15, 0.2) is 60.8 Å². The van der Waals surface area contributed by atoms with Crippen LogP contribution in [0.25, 0.3) is 16.6 Å². The van der Waals surface area contributed by atoms with Gasteiger partial charge in [-0.15, -0.1) is 0 Å². The Hall–Kier alpha value is -3.06. The summed E-state index contributed by atoms with van der Waals surface area (Å²) >= 11 is 17.8. The van der Waals surface area contributed by atoms with Crippen molar-refractivity contribution < 1.29 is 19.4 Å². The molecule has 0 saturated carbocycles. The maximum atomic E-state index is 12.1. The van der Waals surface area contributed by atoms with Crippen molar-refractivity contribution in [3.8, 4) is 11.4 Å². The first kappa shape index (κ1) is 21.2. The summed E-state index contributed by atoms with van der Waals surface area (Å²) in [6.45, 7) is 0.253. The van der Waals surface area contributed by atoms with Crippen LogP contribution in [-0.4, -0.2) is 26.4 Å². The van der Waals surface area contributed by atoms with Gasteiger partial charge in [-0.1, -0.05) is 34.8 Å². The molecule has 4 rings (SSSR count). The molecule has 156 valence electrons. The molecule has 31 heavy (non-hydrogen) atoms. The van der Waals surface area contributed by atoms with Crippen LogP contribution in [0.5, 0.6) is 5.75 Å². The number of fused-ring (bicyclic) bond motifs is 1. The lowest BCUT2D eigenvalue weighted by Crippen LogP contribution is -2.12. The van der Waals surface area contributed by atoms with Crippen molar-refractivity contribution in [3.63, 3.8) is 0 Å². The molecule has 9 heteroatoms. The van der Waals surface area contributed by atoms with Crippen LogP contribution in [0.4, 0.5) is 0 Å². The maximum absolute atomic E-state index is 12.1. The van der Waals surface area contributed by atoms with Crippen molar-refractivity contribution in [1.82, 2.24) is 9.55 Å². The number of Topliss-reactive ketones (excluding diaryl/α,β-unsaturated/α-hetero) is 1. The molecule has 0 spiro atoms. The molecular formula is C22H13Cl3N2O4. The summed E-state index contributed by atoms with van der Waals surface area (Å²) in [6.07, 6.45) is 1.49. The number of nitrogens with zero attached hydrogens (tertiary/aromatic N) is 2. The highest BCUT2D eigenvalue weighted by Crippen LogP contribution is 2.29. The van der Waals surface area contributed by atoms with E-state index >= 15 is 0 Å². The minimum atomic E-state index is -1.53. The zero-order chi connectivity index (χ0) is 22.1. The number of carboxylic acids is 1. The number of hydrogen-bond donors (Lipinski definition) is 1. The summed E-state index contributed by atoms with van der Waals surface area (Å²) in [5, 5.41) is 10.6. The van der Waals surface area contributed by atoms with Crippen LogP contribution in [0.1, 0.15) is 15.9 Å². The van der Waals surface area contributed by atoms with E-state index in [0.717, 1.165) is 11.3 Å². The SMILES string of the molecule is O=C(O)C(=O)c1cn(-c2ccc(OCc3cc(Cl)nc(Cl)c3)cc2)c2ccc(Cl)cc12. The topological polar surface area (TPSA) is 81.4 Å². The lowest BCUT2D eigenvalue weighted by Gasteiger charge is -2.09. The molecule has 0 aliphatic carbocycles. The minimum Gasteiger partial charge on any atom is -0.489 e. The number of aliphatic carboxylic acids is 1. The first-order valence-corrected chi connectivity index (χ1v) is 10.1. The summed E-state index contributed by atoms with van der Waals surface area (Å²) in [6, 6.07) is 15.4. The van der Waals surface area contributed by atoms with E-state index in [2.05, 4.69) is 4.98 Å². The predicted octanol–water partition coefficient (Wildman–Crippen LogP) is 5.83. The molecule has 0 aliphatic rings. The highest BCUT2D eigenvalue weighted by atomic mass is 35.5. The van der Waals surface area contributed by atoms with Crippen molar-refractivity contribution in [2.75, 3.05) is 0 Å². The molecule has 0 bridgehead atoms. The van der Waals surface area contributed by atoms with Crippen molar-refractivity contribution in [1.29, 1.82) is 0 Å². The average molecular weight is 476 g/mol. The van der Waals surface area contributed by atoms with Gasteiger partial charge in [0.2, 0.25) is 0 Å². The van der Waals surface area contributed by atoms with Gasteiger partial charge < -0.3 is 14.4 Å². The number of carboxylic acid groups (broad SMARTS) is 1. The van der Waals surface area contributed by atoms with E-state index in [0.29, 0.717) is 21.7 Å². The Balaban J connectivity index is 1.63. The fourth-order valence-corrected chi connectivity index (χ4v) is 3.86. The van der Waals surface area contributed by atoms with Gasteiger partial charge >= 0.3 is 5.97 Å². The molecular weight excluding hydrogens is 463 g/mol. The molecule has 0 fully saturated rings. The van der Waals surface area contributed by atoms with Gasteiger partial charge in [0.1, 0.15) is 22.7 Å². The predicted molar refractivity (Wildman–Crippen MR) is 119 cm³/mol. The van der Waals surface area contributed by atoms with Crippen molar-refractivity contribution in [2.45, 2.75) is 6.61 Å². The average Bonchev–Trinajstić information content (AvgIpc) is 3.10. The molecule has 2 heterocycles. The fraction of sp³-hybridized carbons (Fsp3) is 0.0455. The summed E-state index contributed by atoms with van der Waals surface area (Å²) in [5.41, 5.74) is 2.22. The zero-order valence-corrected chi connectivity index (χ0v) is 17.9. The molecule has 4 aromatic rings. The number of ketones is 1. The minimum absolute atomic E-state index is 0.0665. The number of rotatable bonds is 6. The second-order valence-electron chi connectivity index (χ2n) is 6.61. The van der Waals surface area contributed by atoms with Gasteiger partial charge in [-0.25, -0.2) is 9.78 Å². The summed E-state index contributed by atoms with van der Waals surface area (Å²) in [4.78, 5) is 27.3. The lowest BCUT2D eigenvalue weighted by atomic mass is 10.1. The number of pyridine rings is 1. The highest BCUT2D eigenvalue weighted by molar-refractivity contribution is 6.42. The van der Waals surface area contributed by atoms with Gasteiger partial charge in [-0.2, -0.15) is 0 Å². The third kappa shape index (κ3) is 4.51. The Morgan fingerprint density at radius 3 is 2.29 bits per heavy atom. The summed E-state index contributed by atoms with van der Waals surface area (Å²) in [7, 11) is 0. The van der Waals surface area contributed by atoms with Gasteiger partial charge in [0.25, 0.3) is 5.78 Å². The molecule has 0 aliphatic heterocycles. The normalized spacial score (nSPS) is 10.9. The number of halogens is 3. The van der Waals surface area contributed by atoms with Crippen LogP contribution >= 0.6 is 34.8 Å². The van der Waals surface area contributed by atoms with Gasteiger partial charge in [0, 0.05) is 22.3 Å². The van der Waals surface area contributed by atoms with E-state index in [1.165, 1.54) is 6.20 Å². The molecule has 2 aromatic heterocycles. The van der Waals surface area contributed by atoms with Gasteiger partial charge in [0.05, 0.1) is 11.1 Å². The number of carbonyl (C=O) groups excluding carboxylic acids is 1. The smallest absolute Gasteiger partial charge is 0.377 e. The third-order valence-corrected chi connectivity index (χ3v) is 5.17. The number of hydrogen-bond acceptors (Lipinski definition) is 4. The highest BCUT2D eigenvalue weighted by Gasteiger charge is 2.21. The van der Waals surface area contributed by atoms with Crippen molar-refractivity contribution in [3.05, 3.63) is 87.2 Å². The first-order chi connectivity index (χ1) is 14.8. The van der Waals surface area contributed by atoms with Gasteiger partial charge in [-0.05, 0) is 60.2 Å². The first-order valence-electron chi connectivity index (χ1n) is 8.95. The van der Waals surface area contributed by atoms with E-state index in [9.17, 15) is 9.59 Å². The van der Waals surface area contributed by atoms with Crippen LogP contribution in [0.2, 0.25) is 15.3 Å². The lowest BCUT2D eigenvalue weighted by molar-refractivity contribution is -0.131.